The molecule has 2 nitrogen and oxygen atoms in total. The fourth-order valence-corrected chi connectivity index (χ4v) is 1.88. The third kappa shape index (κ3) is 2.40. The summed E-state index contributed by atoms with van der Waals surface area (Å²) >= 11 is 5.71. The Morgan fingerprint density at radius 3 is 2.47 bits per heavy atom. The molecule has 0 aliphatic rings. The summed E-state index contributed by atoms with van der Waals surface area (Å²) in [5.41, 5.74) is 7.03. The van der Waals surface area contributed by atoms with E-state index in [-0.39, 0.29) is 16.3 Å². The van der Waals surface area contributed by atoms with Crippen LogP contribution in [0.25, 0.3) is 0 Å². The maximum absolute atomic E-state index is 13.2. The number of rotatable bonds is 2. The summed E-state index contributed by atoms with van der Waals surface area (Å²) in [5, 5.41) is 9.74. The first-order chi connectivity index (χ1) is 8.09. The number of phenols is 1. The van der Waals surface area contributed by atoms with Crippen LogP contribution in [-0.4, -0.2) is 5.11 Å². The lowest BCUT2D eigenvalue weighted by Crippen LogP contribution is -2.12. The Morgan fingerprint density at radius 2 is 1.82 bits per heavy atom. The summed E-state index contributed by atoms with van der Waals surface area (Å²) < 4.78 is 13.2. The van der Waals surface area contributed by atoms with Crippen LogP contribution in [0.4, 0.5) is 4.39 Å². The number of phenolic OH excluding ortho intramolecular Hbond substituents is 1. The minimum atomic E-state index is -0.607. The van der Waals surface area contributed by atoms with Crippen molar-refractivity contribution in [3.63, 3.8) is 0 Å². The summed E-state index contributed by atoms with van der Waals surface area (Å²) in [6.07, 6.45) is 0. The third-order valence-corrected chi connectivity index (χ3v) is 2.84. The van der Waals surface area contributed by atoms with Crippen LogP contribution in [0.5, 0.6) is 5.75 Å². The van der Waals surface area contributed by atoms with Gasteiger partial charge in [-0.3, -0.25) is 0 Å². The summed E-state index contributed by atoms with van der Waals surface area (Å²) in [6.45, 7) is 0. The molecule has 17 heavy (non-hydrogen) atoms. The molecule has 0 fully saturated rings. The van der Waals surface area contributed by atoms with Crippen molar-refractivity contribution in [1.29, 1.82) is 0 Å². The zero-order valence-corrected chi connectivity index (χ0v) is 9.66. The molecule has 0 radical (unpaired) electrons. The lowest BCUT2D eigenvalue weighted by Gasteiger charge is -2.15. The maximum atomic E-state index is 13.2. The van der Waals surface area contributed by atoms with Gasteiger partial charge in [0.2, 0.25) is 0 Å². The third-order valence-electron chi connectivity index (χ3n) is 2.55. The van der Waals surface area contributed by atoms with E-state index in [1.54, 1.807) is 0 Å². The number of aromatic hydroxyl groups is 1. The summed E-state index contributed by atoms with van der Waals surface area (Å²) in [6, 6.07) is 10.8. The van der Waals surface area contributed by atoms with Gasteiger partial charge in [0.15, 0.2) is 0 Å². The van der Waals surface area contributed by atoms with E-state index in [1.165, 1.54) is 6.07 Å². The highest BCUT2D eigenvalue weighted by Gasteiger charge is 2.16. The number of hydrogen-bond donors (Lipinski definition) is 2. The number of halogens is 2. The van der Waals surface area contributed by atoms with E-state index in [4.69, 9.17) is 17.3 Å². The fraction of sp³-hybridized carbons (Fsp3) is 0.0769. The molecule has 0 bridgehead atoms. The average molecular weight is 252 g/mol. The number of hydrogen-bond acceptors (Lipinski definition) is 2. The Morgan fingerprint density at radius 1 is 1.18 bits per heavy atom. The smallest absolute Gasteiger partial charge is 0.139 e. The molecule has 0 aromatic heterocycles. The first-order valence-corrected chi connectivity index (χ1v) is 5.46. The molecule has 3 N–H and O–H groups in total. The molecule has 4 heteroatoms. The molecule has 1 unspecified atom stereocenters. The van der Waals surface area contributed by atoms with Crippen LogP contribution >= 0.6 is 11.6 Å². The predicted octanol–water partition coefficient (Wildman–Crippen LogP) is 3.23. The first kappa shape index (κ1) is 11.9. The van der Waals surface area contributed by atoms with Crippen LogP contribution in [0.1, 0.15) is 17.2 Å². The highest BCUT2D eigenvalue weighted by Crippen LogP contribution is 2.34. The Bertz CT molecular complexity index is 530. The van der Waals surface area contributed by atoms with Crippen LogP contribution in [0.15, 0.2) is 42.5 Å². The van der Waals surface area contributed by atoms with Gasteiger partial charge in [0.1, 0.15) is 11.6 Å². The Kier molecular flexibility index (Phi) is 3.31. The van der Waals surface area contributed by atoms with E-state index in [1.807, 2.05) is 30.3 Å². The lowest BCUT2D eigenvalue weighted by molar-refractivity contribution is 0.462. The van der Waals surface area contributed by atoms with Gasteiger partial charge in [-0.2, -0.15) is 0 Å². The molecule has 0 saturated carbocycles. The SMILES string of the molecule is NC(c1ccccc1)c1cc(F)cc(Cl)c1O. The number of nitrogens with two attached hydrogens (primary N) is 1. The van der Waals surface area contributed by atoms with Crippen LogP contribution in [-0.2, 0) is 0 Å². The second-order valence-electron chi connectivity index (χ2n) is 3.71. The van der Waals surface area contributed by atoms with E-state index >= 15 is 0 Å². The van der Waals surface area contributed by atoms with Gasteiger partial charge in [-0.05, 0) is 17.7 Å². The molecular formula is C13H11ClFNO. The van der Waals surface area contributed by atoms with Crippen molar-refractivity contribution < 1.29 is 9.50 Å². The van der Waals surface area contributed by atoms with Crippen LogP contribution in [0, 0.1) is 5.82 Å². The van der Waals surface area contributed by atoms with E-state index in [2.05, 4.69) is 0 Å². The van der Waals surface area contributed by atoms with E-state index < -0.39 is 11.9 Å². The van der Waals surface area contributed by atoms with Gasteiger partial charge in [-0.1, -0.05) is 41.9 Å². The maximum Gasteiger partial charge on any atom is 0.139 e. The second kappa shape index (κ2) is 4.73. The van der Waals surface area contributed by atoms with Gasteiger partial charge in [0.05, 0.1) is 11.1 Å². The minimum Gasteiger partial charge on any atom is -0.506 e. The average Bonchev–Trinajstić information content (AvgIpc) is 2.34. The van der Waals surface area contributed by atoms with Gasteiger partial charge in [0, 0.05) is 5.56 Å². The molecule has 88 valence electrons. The van der Waals surface area contributed by atoms with Crippen molar-refractivity contribution in [1.82, 2.24) is 0 Å². The van der Waals surface area contributed by atoms with Crippen molar-refractivity contribution in [2.75, 3.05) is 0 Å². The first-order valence-electron chi connectivity index (χ1n) is 5.08. The van der Waals surface area contributed by atoms with Gasteiger partial charge in [0.25, 0.3) is 0 Å². The van der Waals surface area contributed by atoms with Crippen LogP contribution in [0.3, 0.4) is 0 Å². The van der Waals surface area contributed by atoms with Crippen molar-refractivity contribution in [3.8, 4) is 5.75 Å². The largest absolute Gasteiger partial charge is 0.506 e. The predicted molar refractivity (Wildman–Crippen MR) is 65.5 cm³/mol. The van der Waals surface area contributed by atoms with Crippen molar-refractivity contribution in [2.24, 2.45) is 5.73 Å². The molecule has 0 aliphatic carbocycles. The summed E-state index contributed by atoms with van der Waals surface area (Å²) in [4.78, 5) is 0. The van der Waals surface area contributed by atoms with E-state index in [0.29, 0.717) is 0 Å². The van der Waals surface area contributed by atoms with E-state index in [9.17, 15) is 9.50 Å². The molecule has 2 aromatic rings. The second-order valence-corrected chi connectivity index (χ2v) is 4.12. The normalized spacial score (nSPS) is 12.4. The monoisotopic (exact) mass is 251 g/mol. The lowest BCUT2D eigenvalue weighted by atomic mass is 9.99. The molecule has 0 saturated heterocycles. The van der Waals surface area contributed by atoms with Gasteiger partial charge < -0.3 is 10.8 Å². The Labute approximate surface area is 103 Å². The molecule has 0 aliphatic heterocycles. The standard InChI is InChI=1S/C13H11ClFNO/c14-11-7-9(15)6-10(13(11)17)12(16)8-4-2-1-3-5-8/h1-7,12,17H,16H2. The van der Waals surface area contributed by atoms with Crippen molar-refractivity contribution in [3.05, 3.63) is 64.4 Å². The molecule has 2 rings (SSSR count). The molecule has 1 atom stereocenters. The quantitative estimate of drug-likeness (QED) is 0.861. The Balaban J connectivity index is 2.48. The molecular weight excluding hydrogens is 241 g/mol. The highest BCUT2D eigenvalue weighted by atomic mass is 35.5. The molecule has 0 heterocycles. The van der Waals surface area contributed by atoms with Gasteiger partial charge in [-0.15, -0.1) is 0 Å². The molecule has 0 spiro atoms. The van der Waals surface area contributed by atoms with Crippen LogP contribution in [0.2, 0.25) is 5.02 Å². The molecule has 0 amide bonds. The van der Waals surface area contributed by atoms with Gasteiger partial charge >= 0.3 is 0 Å². The Hall–Kier alpha value is -1.58. The van der Waals surface area contributed by atoms with E-state index in [0.717, 1.165) is 11.6 Å². The highest BCUT2D eigenvalue weighted by molar-refractivity contribution is 6.32. The van der Waals surface area contributed by atoms with Crippen LogP contribution < -0.4 is 5.73 Å². The fourth-order valence-electron chi connectivity index (χ4n) is 1.66. The minimum absolute atomic E-state index is 0.0358. The van der Waals surface area contributed by atoms with Gasteiger partial charge in [-0.25, -0.2) is 4.39 Å². The topological polar surface area (TPSA) is 46.2 Å². The van der Waals surface area contributed by atoms with Crippen molar-refractivity contribution >= 4 is 11.6 Å². The zero-order valence-electron chi connectivity index (χ0n) is 8.90. The number of benzene rings is 2. The zero-order chi connectivity index (χ0) is 12.4. The molecule has 2 aromatic carbocycles. The summed E-state index contributed by atoms with van der Waals surface area (Å²) in [7, 11) is 0. The van der Waals surface area contributed by atoms with Crippen molar-refractivity contribution in [2.45, 2.75) is 6.04 Å². The summed E-state index contributed by atoms with van der Waals surface area (Å²) in [5.74, 6) is -0.696.